The van der Waals surface area contributed by atoms with E-state index in [0.717, 1.165) is 43.5 Å². The van der Waals surface area contributed by atoms with Gasteiger partial charge in [0.25, 0.3) is 0 Å². The summed E-state index contributed by atoms with van der Waals surface area (Å²) in [6.45, 7) is 0.836. The van der Waals surface area contributed by atoms with Gasteiger partial charge < -0.3 is 14.7 Å². The number of aliphatic hydroxyl groups is 1. The molecular weight excluding hydrogens is 341 g/mol. The minimum absolute atomic E-state index is 0.153. The first-order chi connectivity index (χ1) is 12.9. The van der Waals surface area contributed by atoms with Gasteiger partial charge in [-0.1, -0.05) is 24.3 Å². The van der Waals surface area contributed by atoms with Crippen LogP contribution in [0.4, 0.5) is 4.39 Å². The third kappa shape index (κ3) is 4.69. The fourth-order valence-corrected chi connectivity index (χ4v) is 4.41. The largest absolute Gasteiger partial charge is 0.497 e. The predicted molar refractivity (Wildman–Crippen MR) is 106 cm³/mol. The van der Waals surface area contributed by atoms with Crippen molar-refractivity contribution in [1.29, 1.82) is 0 Å². The highest BCUT2D eigenvalue weighted by molar-refractivity contribution is 5.32. The molecule has 0 bridgehead atoms. The summed E-state index contributed by atoms with van der Waals surface area (Å²) in [6, 6.07) is 14.6. The number of methoxy groups -OCH3 is 1. The van der Waals surface area contributed by atoms with Crippen molar-refractivity contribution in [1.82, 2.24) is 4.90 Å². The fourth-order valence-electron chi connectivity index (χ4n) is 4.41. The Morgan fingerprint density at radius 2 is 1.78 bits per heavy atom. The quantitative estimate of drug-likeness (QED) is 0.824. The van der Waals surface area contributed by atoms with Gasteiger partial charge in [0.2, 0.25) is 0 Å². The van der Waals surface area contributed by atoms with Crippen molar-refractivity contribution in [2.75, 3.05) is 27.7 Å². The number of benzene rings is 2. The molecule has 0 saturated heterocycles. The minimum Gasteiger partial charge on any atom is -0.497 e. The first-order valence-corrected chi connectivity index (χ1v) is 9.67. The molecule has 0 spiro atoms. The molecular formula is C23H30FNO2. The van der Waals surface area contributed by atoms with E-state index in [0.29, 0.717) is 5.92 Å². The van der Waals surface area contributed by atoms with Crippen LogP contribution in [-0.4, -0.2) is 37.8 Å². The van der Waals surface area contributed by atoms with Gasteiger partial charge in [-0.3, -0.25) is 0 Å². The summed E-state index contributed by atoms with van der Waals surface area (Å²) in [5, 5.41) is 11.6. The second-order valence-electron chi connectivity index (χ2n) is 8.08. The lowest BCUT2D eigenvalue weighted by Crippen LogP contribution is -2.45. The van der Waals surface area contributed by atoms with Gasteiger partial charge in [0.15, 0.2) is 0 Å². The first kappa shape index (κ1) is 19.8. The topological polar surface area (TPSA) is 32.7 Å². The molecule has 0 aliphatic heterocycles. The monoisotopic (exact) mass is 371 g/mol. The molecule has 1 fully saturated rings. The highest BCUT2D eigenvalue weighted by Crippen LogP contribution is 2.45. The lowest BCUT2D eigenvalue weighted by Gasteiger charge is -2.44. The van der Waals surface area contributed by atoms with E-state index in [1.807, 2.05) is 36.4 Å². The Balaban J connectivity index is 1.78. The second kappa shape index (κ2) is 8.41. The summed E-state index contributed by atoms with van der Waals surface area (Å²) in [6.07, 6.45) is 3.59. The molecule has 0 amide bonds. The maximum atomic E-state index is 13.2. The highest BCUT2D eigenvalue weighted by Gasteiger charge is 2.43. The number of rotatable bonds is 6. The first-order valence-electron chi connectivity index (χ1n) is 9.67. The van der Waals surface area contributed by atoms with Crippen LogP contribution in [0.5, 0.6) is 5.75 Å². The summed E-state index contributed by atoms with van der Waals surface area (Å²) in [5.41, 5.74) is 1.31. The minimum atomic E-state index is -0.824. The number of hydrogen-bond donors (Lipinski definition) is 1. The number of halogens is 1. The zero-order valence-electron chi connectivity index (χ0n) is 16.5. The van der Waals surface area contributed by atoms with Crippen molar-refractivity contribution < 1.29 is 14.2 Å². The normalized spacial score (nSPS) is 25.6. The van der Waals surface area contributed by atoms with Crippen molar-refractivity contribution in [2.45, 2.75) is 31.3 Å². The van der Waals surface area contributed by atoms with E-state index in [2.05, 4.69) is 19.0 Å². The third-order valence-electron chi connectivity index (χ3n) is 5.84. The maximum absolute atomic E-state index is 13.2. The molecule has 4 heteroatoms. The molecule has 1 N–H and O–H groups in total. The zero-order chi connectivity index (χ0) is 19.4. The Morgan fingerprint density at radius 1 is 1.11 bits per heavy atom. The molecule has 3 unspecified atom stereocenters. The van der Waals surface area contributed by atoms with Crippen LogP contribution in [0.2, 0.25) is 0 Å². The molecule has 2 aromatic rings. The van der Waals surface area contributed by atoms with E-state index in [4.69, 9.17) is 4.74 Å². The fraction of sp³-hybridized carbons (Fsp3) is 0.478. The SMILES string of the molecule is COc1ccc(C2(O)CCC(Cc3ccc(F)cc3)CC2CN(C)C)cc1. The number of hydrogen-bond acceptors (Lipinski definition) is 3. The molecule has 27 heavy (non-hydrogen) atoms. The Hall–Kier alpha value is -1.91. The molecule has 0 radical (unpaired) electrons. The molecule has 3 atom stereocenters. The van der Waals surface area contributed by atoms with Crippen LogP contribution in [-0.2, 0) is 12.0 Å². The van der Waals surface area contributed by atoms with Crippen LogP contribution in [0.1, 0.15) is 30.4 Å². The van der Waals surface area contributed by atoms with E-state index in [1.54, 1.807) is 7.11 Å². The van der Waals surface area contributed by atoms with Gasteiger partial charge in [-0.2, -0.15) is 0 Å². The predicted octanol–water partition coefficient (Wildman–Crippen LogP) is 4.24. The third-order valence-corrected chi connectivity index (χ3v) is 5.84. The van der Waals surface area contributed by atoms with Crippen molar-refractivity contribution in [3.05, 3.63) is 65.5 Å². The Bertz CT molecular complexity index is 729. The molecule has 0 heterocycles. The summed E-state index contributed by atoms with van der Waals surface area (Å²) in [7, 11) is 5.76. The molecule has 1 aliphatic rings. The van der Waals surface area contributed by atoms with Crippen LogP contribution < -0.4 is 4.74 Å². The van der Waals surface area contributed by atoms with Crippen LogP contribution in [0.15, 0.2) is 48.5 Å². The van der Waals surface area contributed by atoms with E-state index < -0.39 is 5.60 Å². The summed E-state index contributed by atoms with van der Waals surface area (Å²) in [4.78, 5) is 2.15. The van der Waals surface area contributed by atoms with Gasteiger partial charge in [0, 0.05) is 12.5 Å². The molecule has 3 rings (SSSR count). The van der Waals surface area contributed by atoms with Crippen molar-refractivity contribution in [3.8, 4) is 5.75 Å². The molecule has 3 nitrogen and oxygen atoms in total. The van der Waals surface area contributed by atoms with E-state index in [-0.39, 0.29) is 11.7 Å². The number of nitrogens with zero attached hydrogens (tertiary/aromatic N) is 1. The maximum Gasteiger partial charge on any atom is 0.123 e. The van der Waals surface area contributed by atoms with Crippen LogP contribution in [0, 0.1) is 17.7 Å². The van der Waals surface area contributed by atoms with E-state index >= 15 is 0 Å². The zero-order valence-corrected chi connectivity index (χ0v) is 16.5. The Kier molecular flexibility index (Phi) is 6.18. The molecule has 0 aromatic heterocycles. The highest BCUT2D eigenvalue weighted by atomic mass is 19.1. The Labute approximate surface area is 161 Å². The summed E-state index contributed by atoms with van der Waals surface area (Å²) < 4.78 is 18.4. The molecule has 2 aromatic carbocycles. The smallest absolute Gasteiger partial charge is 0.123 e. The molecule has 1 saturated carbocycles. The van der Waals surface area contributed by atoms with Crippen LogP contribution in [0.3, 0.4) is 0 Å². The molecule has 1 aliphatic carbocycles. The van der Waals surface area contributed by atoms with Crippen LogP contribution in [0.25, 0.3) is 0 Å². The average Bonchev–Trinajstić information content (AvgIpc) is 2.66. The van der Waals surface area contributed by atoms with Gasteiger partial charge in [-0.25, -0.2) is 4.39 Å². The van der Waals surface area contributed by atoms with E-state index in [1.165, 1.54) is 17.7 Å². The standard InChI is InChI=1S/C23H30FNO2/c1-25(2)16-20-15-18(14-17-4-8-21(24)9-5-17)12-13-23(20,26)19-6-10-22(27-3)11-7-19/h4-11,18,20,26H,12-16H2,1-3H3. The average molecular weight is 371 g/mol. The summed E-state index contributed by atoms with van der Waals surface area (Å²) in [5.74, 6) is 1.26. The van der Waals surface area contributed by atoms with E-state index in [9.17, 15) is 9.50 Å². The van der Waals surface area contributed by atoms with Crippen LogP contribution >= 0.6 is 0 Å². The van der Waals surface area contributed by atoms with Crippen molar-refractivity contribution in [3.63, 3.8) is 0 Å². The number of ether oxygens (including phenoxy) is 1. The van der Waals surface area contributed by atoms with Gasteiger partial charge in [0.1, 0.15) is 11.6 Å². The van der Waals surface area contributed by atoms with Gasteiger partial charge in [0.05, 0.1) is 12.7 Å². The van der Waals surface area contributed by atoms with Crippen molar-refractivity contribution >= 4 is 0 Å². The van der Waals surface area contributed by atoms with Gasteiger partial charge in [-0.05, 0) is 81.1 Å². The Morgan fingerprint density at radius 3 is 2.37 bits per heavy atom. The second-order valence-corrected chi connectivity index (χ2v) is 8.08. The van der Waals surface area contributed by atoms with Crippen molar-refractivity contribution in [2.24, 2.45) is 11.8 Å². The molecule has 146 valence electrons. The lowest BCUT2D eigenvalue weighted by atomic mass is 9.66. The lowest BCUT2D eigenvalue weighted by molar-refractivity contribution is -0.0752. The summed E-state index contributed by atoms with van der Waals surface area (Å²) >= 11 is 0. The van der Waals surface area contributed by atoms with Gasteiger partial charge >= 0.3 is 0 Å². The van der Waals surface area contributed by atoms with Gasteiger partial charge in [-0.15, -0.1) is 0 Å².